The molecule has 3 aromatic rings. The number of hydrogen-bond donors (Lipinski definition) is 2. The first-order valence-electron chi connectivity index (χ1n) is 8.78. The lowest BCUT2D eigenvalue weighted by Crippen LogP contribution is -2.34. The average Bonchev–Trinajstić information content (AvgIpc) is 3.19. The van der Waals surface area contributed by atoms with Crippen molar-refractivity contribution in [1.82, 2.24) is 20.4 Å². The Morgan fingerprint density at radius 3 is 2.48 bits per heavy atom. The highest BCUT2D eigenvalue weighted by molar-refractivity contribution is 5.93. The molecule has 140 valence electrons. The van der Waals surface area contributed by atoms with E-state index in [1.807, 2.05) is 68.7 Å². The van der Waals surface area contributed by atoms with Crippen molar-refractivity contribution in [2.75, 3.05) is 27.7 Å². The summed E-state index contributed by atoms with van der Waals surface area (Å²) >= 11 is 0. The molecule has 1 atom stereocenters. The van der Waals surface area contributed by atoms with Crippen LogP contribution >= 0.6 is 0 Å². The molecule has 0 bridgehead atoms. The zero-order valence-electron chi connectivity index (χ0n) is 15.8. The molecule has 0 spiro atoms. The third kappa shape index (κ3) is 4.54. The smallest absolute Gasteiger partial charge is 0.269 e. The van der Waals surface area contributed by atoms with Gasteiger partial charge in [0, 0.05) is 12.1 Å². The lowest BCUT2D eigenvalue weighted by molar-refractivity contribution is 0.0937. The van der Waals surface area contributed by atoms with Gasteiger partial charge in [-0.2, -0.15) is 5.10 Å². The molecule has 0 aliphatic heterocycles. The van der Waals surface area contributed by atoms with Crippen molar-refractivity contribution in [3.05, 3.63) is 71.9 Å². The fourth-order valence-corrected chi connectivity index (χ4v) is 2.90. The minimum atomic E-state index is -0.176. The van der Waals surface area contributed by atoms with E-state index < -0.39 is 0 Å². The average molecular weight is 364 g/mol. The molecule has 0 fully saturated rings. The molecule has 1 amide bonds. The monoisotopic (exact) mass is 364 g/mol. The van der Waals surface area contributed by atoms with Gasteiger partial charge in [-0.05, 0) is 37.9 Å². The lowest BCUT2D eigenvalue weighted by Gasteiger charge is -2.25. The quantitative estimate of drug-likeness (QED) is 0.676. The molecular weight excluding hydrogens is 340 g/mol. The van der Waals surface area contributed by atoms with Crippen LogP contribution in [-0.4, -0.2) is 48.8 Å². The Labute approximate surface area is 159 Å². The van der Waals surface area contributed by atoms with Crippen molar-refractivity contribution >= 4 is 5.91 Å². The number of amides is 1. The Kier molecular flexibility index (Phi) is 5.88. The van der Waals surface area contributed by atoms with Gasteiger partial charge >= 0.3 is 0 Å². The summed E-state index contributed by atoms with van der Waals surface area (Å²) in [6, 6.07) is 19.5. The van der Waals surface area contributed by atoms with Crippen LogP contribution < -0.4 is 10.1 Å². The first kappa shape index (κ1) is 18.7. The third-order valence-electron chi connectivity index (χ3n) is 4.47. The number of methoxy groups -OCH3 is 1. The van der Waals surface area contributed by atoms with E-state index in [1.54, 1.807) is 13.2 Å². The number of carbonyl (C=O) groups excluding carboxylic acids is 1. The maximum atomic E-state index is 12.5. The summed E-state index contributed by atoms with van der Waals surface area (Å²) in [6.07, 6.45) is 0. The zero-order chi connectivity index (χ0) is 19.2. The molecule has 1 aromatic heterocycles. The molecule has 1 unspecified atom stereocenters. The molecule has 2 N–H and O–H groups in total. The SMILES string of the molecule is COc1ccc(C(CNC(=O)c2cc(-c3ccccc3)n[nH]2)N(C)C)cc1. The maximum Gasteiger partial charge on any atom is 0.269 e. The van der Waals surface area contributed by atoms with Crippen LogP contribution in [0.25, 0.3) is 11.3 Å². The molecule has 0 saturated carbocycles. The lowest BCUT2D eigenvalue weighted by atomic mass is 10.1. The van der Waals surface area contributed by atoms with Gasteiger partial charge in [0.2, 0.25) is 0 Å². The van der Waals surface area contributed by atoms with Crippen LogP contribution in [0.15, 0.2) is 60.7 Å². The molecule has 27 heavy (non-hydrogen) atoms. The topological polar surface area (TPSA) is 70.2 Å². The summed E-state index contributed by atoms with van der Waals surface area (Å²) in [7, 11) is 5.63. The van der Waals surface area contributed by atoms with Gasteiger partial charge in [0.15, 0.2) is 0 Å². The van der Waals surface area contributed by atoms with Crippen molar-refractivity contribution in [2.24, 2.45) is 0 Å². The summed E-state index contributed by atoms with van der Waals surface area (Å²) in [5.41, 5.74) is 3.27. The number of aromatic nitrogens is 2. The second-order valence-corrected chi connectivity index (χ2v) is 6.50. The third-order valence-corrected chi connectivity index (χ3v) is 4.47. The number of rotatable bonds is 7. The zero-order valence-corrected chi connectivity index (χ0v) is 15.8. The predicted octanol–water partition coefficient (Wildman–Crippen LogP) is 3.12. The molecule has 1 heterocycles. The molecular formula is C21H24N4O2. The van der Waals surface area contributed by atoms with Gasteiger partial charge in [-0.15, -0.1) is 0 Å². The van der Waals surface area contributed by atoms with Gasteiger partial charge in [0.25, 0.3) is 5.91 Å². The Bertz CT molecular complexity index is 873. The first-order valence-corrected chi connectivity index (χ1v) is 8.78. The first-order chi connectivity index (χ1) is 13.1. The van der Waals surface area contributed by atoms with Crippen molar-refractivity contribution in [1.29, 1.82) is 0 Å². The van der Waals surface area contributed by atoms with Gasteiger partial charge in [0.05, 0.1) is 18.8 Å². The van der Waals surface area contributed by atoms with Crippen molar-refractivity contribution in [3.8, 4) is 17.0 Å². The minimum absolute atomic E-state index is 0.0522. The Morgan fingerprint density at radius 1 is 1.15 bits per heavy atom. The molecule has 0 saturated heterocycles. The van der Waals surface area contributed by atoms with Crippen LogP contribution in [0.5, 0.6) is 5.75 Å². The van der Waals surface area contributed by atoms with Crippen LogP contribution in [0.2, 0.25) is 0 Å². The van der Waals surface area contributed by atoms with Crippen LogP contribution in [-0.2, 0) is 0 Å². The van der Waals surface area contributed by atoms with Crippen molar-refractivity contribution in [2.45, 2.75) is 6.04 Å². The highest BCUT2D eigenvalue weighted by atomic mass is 16.5. The number of aromatic amines is 1. The standard InChI is InChI=1S/C21H24N4O2/c1-25(2)20(16-9-11-17(27-3)12-10-16)14-22-21(26)19-13-18(23-24-19)15-7-5-4-6-8-15/h4-13,20H,14H2,1-3H3,(H,22,26)(H,23,24). The van der Waals surface area contributed by atoms with E-state index in [2.05, 4.69) is 20.4 Å². The number of carbonyl (C=O) groups is 1. The van der Waals surface area contributed by atoms with Crippen LogP contribution in [0.4, 0.5) is 0 Å². The number of H-pyrrole nitrogens is 1. The fourth-order valence-electron chi connectivity index (χ4n) is 2.90. The van der Waals surface area contributed by atoms with E-state index in [-0.39, 0.29) is 11.9 Å². The molecule has 0 radical (unpaired) electrons. The summed E-state index contributed by atoms with van der Waals surface area (Å²) in [6.45, 7) is 0.484. The summed E-state index contributed by atoms with van der Waals surface area (Å²) in [4.78, 5) is 14.6. The van der Waals surface area contributed by atoms with Crippen LogP contribution in [0, 0.1) is 0 Å². The predicted molar refractivity (Wildman–Crippen MR) is 106 cm³/mol. The number of nitrogens with zero attached hydrogens (tertiary/aromatic N) is 2. The van der Waals surface area contributed by atoms with Crippen LogP contribution in [0.3, 0.4) is 0 Å². The summed E-state index contributed by atoms with van der Waals surface area (Å²) in [5, 5.41) is 10.0. The largest absolute Gasteiger partial charge is 0.497 e. The minimum Gasteiger partial charge on any atom is -0.497 e. The van der Waals surface area contributed by atoms with Gasteiger partial charge in [-0.1, -0.05) is 42.5 Å². The second-order valence-electron chi connectivity index (χ2n) is 6.50. The van der Waals surface area contributed by atoms with E-state index in [9.17, 15) is 4.79 Å². The highest BCUT2D eigenvalue weighted by Gasteiger charge is 2.17. The number of ether oxygens (including phenoxy) is 1. The number of hydrogen-bond acceptors (Lipinski definition) is 4. The van der Waals surface area contributed by atoms with Crippen molar-refractivity contribution < 1.29 is 9.53 Å². The molecule has 0 aliphatic rings. The Morgan fingerprint density at radius 2 is 1.85 bits per heavy atom. The number of benzene rings is 2. The van der Waals surface area contributed by atoms with Gasteiger partial charge in [0.1, 0.15) is 11.4 Å². The van der Waals surface area contributed by atoms with Crippen molar-refractivity contribution in [3.63, 3.8) is 0 Å². The molecule has 6 nitrogen and oxygen atoms in total. The van der Waals surface area contributed by atoms with Crippen LogP contribution in [0.1, 0.15) is 22.1 Å². The number of likely N-dealkylation sites (N-methyl/N-ethyl adjacent to an activating group) is 1. The summed E-state index contributed by atoms with van der Waals surface area (Å²) in [5.74, 6) is 0.635. The molecule has 2 aromatic carbocycles. The number of nitrogens with one attached hydrogen (secondary N) is 2. The van der Waals surface area contributed by atoms with Gasteiger partial charge in [-0.25, -0.2) is 0 Å². The van der Waals surface area contributed by atoms with E-state index in [4.69, 9.17) is 4.74 Å². The highest BCUT2D eigenvalue weighted by Crippen LogP contribution is 2.21. The summed E-state index contributed by atoms with van der Waals surface area (Å²) < 4.78 is 5.21. The molecule has 6 heteroatoms. The Hall–Kier alpha value is -3.12. The van der Waals surface area contributed by atoms with E-state index in [0.717, 1.165) is 22.6 Å². The second kappa shape index (κ2) is 8.51. The van der Waals surface area contributed by atoms with E-state index in [1.165, 1.54) is 0 Å². The maximum absolute atomic E-state index is 12.5. The Balaban J connectivity index is 1.66. The molecule has 0 aliphatic carbocycles. The molecule has 3 rings (SSSR count). The van der Waals surface area contributed by atoms with Gasteiger partial charge in [-0.3, -0.25) is 9.89 Å². The van der Waals surface area contributed by atoms with E-state index >= 15 is 0 Å². The van der Waals surface area contributed by atoms with E-state index in [0.29, 0.717) is 12.2 Å². The fraction of sp³-hybridized carbons (Fsp3) is 0.238. The van der Waals surface area contributed by atoms with Gasteiger partial charge < -0.3 is 15.0 Å². The normalized spacial score (nSPS) is 12.0.